The molecule has 0 unspecified atom stereocenters. The van der Waals surface area contributed by atoms with Gasteiger partial charge in [0.1, 0.15) is 15.1 Å². The van der Waals surface area contributed by atoms with Gasteiger partial charge in [-0.15, -0.1) is 0 Å². The monoisotopic (exact) mass is 362 g/mol. The molecule has 0 aromatic carbocycles. The maximum atomic E-state index is 12.2. The van der Waals surface area contributed by atoms with Crippen LogP contribution in [0.5, 0.6) is 0 Å². The largest absolute Gasteiger partial charge is 0.348 e. The number of carbonyl (C=O) groups excluding carboxylic acids is 2. The third-order valence-electron chi connectivity index (χ3n) is 3.35. The molecule has 1 aromatic rings. The molecule has 0 saturated carbocycles. The minimum absolute atomic E-state index is 0.0824. The van der Waals surface area contributed by atoms with Crippen LogP contribution in [0, 0.1) is 0 Å². The lowest BCUT2D eigenvalue weighted by molar-refractivity contribution is -0.114. The number of aromatic nitrogens is 1. The smallest absolute Gasteiger partial charge is 0.218 e. The Balaban J connectivity index is 2.00. The van der Waals surface area contributed by atoms with Gasteiger partial charge in [-0.25, -0.2) is 4.98 Å². The van der Waals surface area contributed by atoms with Crippen LogP contribution in [0.25, 0.3) is 5.57 Å². The maximum Gasteiger partial charge on any atom is 0.218 e. The molecule has 1 fully saturated rings. The predicted molar refractivity (Wildman–Crippen MR) is 85.1 cm³/mol. The van der Waals surface area contributed by atoms with E-state index in [4.69, 9.17) is 34.8 Å². The molecule has 4 nitrogen and oxygen atoms in total. The first-order chi connectivity index (χ1) is 10.0. The van der Waals surface area contributed by atoms with Gasteiger partial charge >= 0.3 is 0 Å². The van der Waals surface area contributed by atoms with Crippen molar-refractivity contribution < 1.29 is 9.59 Å². The molecule has 0 N–H and O–H groups in total. The van der Waals surface area contributed by atoms with Crippen LogP contribution in [-0.2, 0) is 9.59 Å². The summed E-state index contributed by atoms with van der Waals surface area (Å²) in [6.45, 7) is 1.89. The fourth-order valence-electron chi connectivity index (χ4n) is 2.27. The number of hydrogen-bond donors (Lipinski definition) is 0. The van der Waals surface area contributed by atoms with Crippen LogP contribution in [0.3, 0.4) is 0 Å². The molecule has 3 rings (SSSR count). The summed E-state index contributed by atoms with van der Waals surface area (Å²) in [7, 11) is 0. The number of Topliss-reactive ketones (excluding diaryl/α,β-unsaturated/α-hetero) is 2. The van der Waals surface area contributed by atoms with E-state index in [2.05, 4.69) is 9.88 Å². The maximum absolute atomic E-state index is 12.2. The van der Waals surface area contributed by atoms with Crippen molar-refractivity contribution in [2.45, 2.75) is 12.8 Å². The standard InChI is InChI=1S/C13H9Cl3N2O2S/c14-8-7(11(19)9(15)10(16)12(8)20)6-5-17-13(21-6)18-3-1-2-4-18/h5H,1-4H2. The summed E-state index contributed by atoms with van der Waals surface area (Å²) in [5.41, 5.74) is 0.0824. The SMILES string of the molecule is O=C1C(Cl)=C(Cl)C(=O)C(c2cnc(N3CCCC3)s2)=C1Cl. The van der Waals surface area contributed by atoms with Crippen LogP contribution in [0.2, 0.25) is 0 Å². The van der Waals surface area contributed by atoms with Gasteiger partial charge in [0.25, 0.3) is 0 Å². The summed E-state index contributed by atoms with van der Waals surface area (Å²) in [6, 6.07) is 0. The van der Waals surface area contributed by atoms with Crippen molar-refractivity contribution in [2.24, 2.45) is 0 Å². The van der Waals surface area contributed by atoms with Gasteiger partial charge < -0.3 is 4.90 Å². The minimum Gasteiger partial charge on any atom is -0.348 e. The van der Waals surface area contributed by atoms with Gasteiger partial charge in [-0.1, -0.05) is 46.1 Å². The molecule has 1 saturated heterocycles. The minimum atomic E-state index is -0.631. The quantitative estimate of drug-likeness (QED) is 0.754. The molecule has 0 amide bonds. The fourth-order valence-corrected chi connectivity index (χ4v) is 4.04. The van der Waals surface area contributed by atoms with Crippen LogP contribution >= 0.6 is 46.1 Å². The summed E-state index contributed by atoms with van der Waals surface area (Å²) in [4.78, 5) is 31.1. The van der Waals surface area contributed by atoms with Crippen molar-refractivity contribution in [2.75, 3.05) is 18.0 Å². The third-order valence-corrected chi connectivity index (χ3v) is 5.61. The first-order valence-corrected chi connectivity index (χ1v) is 8.21. The number of hydrogen-bond acceptors (Lipinski definition) is 5. The lowest BCUT2D eigenvalue weighted by atomic mass is 10.0. The fraction of sp³-hybridized carbons (Fsp3) is 0.308. The zero-order valence-electron chi connectivity index (χ0n) is 10.7. The molecule has 21 heavy (non-hydrogen) atoms. The topological polar surface area (TPSA) is 50.3 Å². The normalized spacial score (nSPS) is 20.0. The Kier molecular flexibility index (Phi) is 4.10. The van der Waals surface area contributed by atoms with Gasteiger partial charge in [0.05, 0.1) is 10.5 Å². The highest BCUT2D eigenvalue weighted by atomic mass is 35.5. The first-order valence-electron chi connectivity index (χ1n) is 6.26. The lowest BCUT2D eigenvalue weighted by Crippen LogP contribution is -2.17. The molecule has 2 heterocycles. The molecule has 1 aromatic heterocycles. The van der Waals surface area contributed by atoms with Gasteiger partial charge in [0.2, 0.25) is 11.6 Å². The van der Waals surface area contributed by atoms with Gasteiger partial charge in [-0.2, -0.15) is 0 Å². The van der Waals surface area contributed by atoms with Crippen LogP contribution < -0.4 is 4.90 Å². The Bertz CT molecular complexity index is 702. The molecule has 0 radical (unpaired) electrons. The molecule has 0 spiro atoms. The van der Waals surface area contributed by atoms with E-state index in [0.717, 1.165) is 31.1 Å². The molecule has 2 aliphatic rings. The second-order valence-corrected chi connectivity index (χ2v) is 6.82. The molecule has 1 aliphatic heterocycles. The second-order valence-electron chi connectivity index (χ2n) is 4.68. The molecule has 8 heteroatoms. The van der Waals surface area contributed by atoms with Crippen molar-refractivity contribution in [1.29, 1.82) is 0 Å². The molecule has 1 aliphatic carbocycles. The molecule has 0 atom stereocenters. The van der Waals surface area contributed by atoms with E-state index in [1.165, 1.54) is 11.3 Å². The Morgan fingerprint density at radius 2 is 1.62 bits per heavy atom. The predicted octanol–water partition coefficient (Wildman–Crippen LogP) is 3.53. The van der Waals surface area contributed by atoms with Crippen molar-refractivity contribution in [3.63, 3.8) is 0 Å². The number of ketones is 2. The zero-order valence-corrected chi connectivity index (χ0v) is 13.7. The van der Waals surface area contributed by atoms with E-state index in [9.17, 15) is 9.59 Å². The number of halogens is 3. The lowest BCUT2D eigenvalue weighted by Gasteiger charge is -2.14. The average molecular weight is 364 g/mol. The van der Waals surface area contributed by atoms with Crippen LogP contribution in [-0.4, -0.2) is 29.6 Å². The second kappa shape index (κ2) is 5.72. The third kappa shape index (κ3) is 2.52. The van der Waals surface area contributed by atoms with E-state index >= 15 is 0 Å². The number of thiazole rings is 1. The van der Waals surface area contributed by atoms with Crippen LogP contribution in [0.15, 0.2) is 21.3 Å². The van der Waals surface area contributed by atoms with Crippen molar-refractivity contribution in [1.82, 2.24) is 4.98 Å². The Morgan fingerprint density at radius 3 is 2.29 bits per heavy atom. The number of nitrogens with zero attached hydrogens (tertiary/aromatic N) is 2. The van der Waals surface area contributed by atoms with Gasteiger partial charge in [-0.3, -0.25) is 9.59 Å². The van der Waals surface area contributed by atoms with E-state index < -0.39 is 11.6 Å². The number of carbonyl (C=O) groups is 2. The number of rotatable bonds is 2. The van der Waals surface area contributed by atoms with E-state index in [1.54, 1.807) is 6.20 Å². The number of allylic oxidation sites excluding steroid dienone is 4. The highest BCUT2D eigenvalue weighted by Crippen LogP contribution is 2.39. The summed E-state index contributed by atoms with van der Waals surface area (Å²) < 4.78 is 0. The van der Waals surface area contributed by atoms with E-state index in [0.29, 0.717) is 4.88 Å². The highest BCUT2D eigenvalue weighted by molar-refractivity contribution is 7.17. The summed E-state index contributed by atoms with van der Waals surface area (Å²) in [5.74, 6) is -1.17. The van der Waals surface area contributed by atoms with Crippen molar-refractivity contribution in [3.8, 4) is 0 Å². The Morgan fingerprint density at radius 1 is 1.00 bits per heavy atom. The van der Waals surface area contributed by atoms with E-state index in [1.807, 2.05) is 0 Å². The van der Waals surface area contributed by atoms with Crippen LogP contribution in [0.1, 0.15) is 17.7 Å². The van der Waals surface area contributed by atoms with Crippen molar-refractivity contribution in [3.05, 3.63) is 26.2 Å². The Labute approximate surface area is 140 Å². The molecule has 110 valence electrons. The molecular formula is C13H9Cl3N2O2S. The van der Waals surface area contributed by atoms with Gasteiger partial charge in [-0.05, 0) is 12.8 Å². The number of anilines is 1. The van der Waals surface area contributed by atoms with Gasteiger partial charge in [0.15, 0.2) is 5.13 Å². The summed E-state index contributed by atoms with van der Waals surface area (Å²) in [6.07, 6.45) is 3.80. The Hall–Kier alpha value is -0.880. The van der Waals surface area contributed by atoms with Gasteiger partial charge in [0, 0.05) is 19.3 Å². The van der Waals surface area contributed by atoms with Crippen molar-refractivity contribution >= 4 is 68.4 Å². The average Bonchev–Trinajstić information content (AvgIpc) is 3.14. The molecular weight excluding hydrogens is 355 g/mol. The van der Waals surface area contributed by atoms with Crippen LogP contribution in [0.4, 0.5) is 5.13 Å². The summed E-state index contributed by atoms with van der Waals surface area (Å²) in [5, 5.41) is -0.0144. The van der Waals surface area contributed by atoms with E-state index in [-0.39, 0.29) is 20.7 Å². The first kappa shape index (κ1) is 15.0. The highest BCUT2D eigenvalue weighted by Gasteiger charge is 2.34. The zero-order chi connectivity index (χ0) is 15.1. The molecule has 0 bridgehead atoms. The summed E-state index contributed by atoms with van der Waals surface area (Å²) >= 11 is 18.8.